The number of aromatic nitrogens is 2. The minimum atomic E-state index is -0.445. The Balaban J connectivity index is 1.66. The first-order valence-corrected chi connectivity index (χ1v) is 7.56. The number of aliphatic hydroxyl groups excluding tert-OH is 1. The number of piperidine rings is 1. The van der Waals surface area contributed by atoms with Gasteiger partial charge in [-0.05, 0) is 37.4 Å². The maximum Gasteiger partial charge on any atom is 0.269 e. The van der Waals surface area contributed by atoms with E-state index < -0.39 is 4.92 Å². The third-order valence-electron chi connectivity index (χ3n) is 4.02. The number of likely N-dealkylation sites (tertiary alicyclic amines) is 1. The molecule has 1 aromatic heterocycles. The highest BCUT2D eigenvalue weighted by atomic mass is 16.6. The van der Waals surface area contributed by atoms with Crippen molar-refractivity contribution in [3.63, 3.8) is 0 Å². The summed E-state index contributed by atoms with van der Waals surface area (Å²) in [4.78, 5) is 16.8. The number of rotatable bonds is 5. The summed E-state index contributed by atoms with van der Waals surface area (Å²) in [6, 6.07) is 6.05. The molecule has 1 unspecified atom stereocenters. The molecule has 1 aromatic carbocycles. The SMILES string of the molecule is O=[N+]([O-])c1ccc(-c2noc(CN3CCCC(CO)C3)n2)cc1. The molecule has 1 N–H and O–H groups in total. The molecule has 8 heteroatoms. The number of non-ortho nitro benzene ring substituents is 1. The maximum atomic E-state index is 10.7. The first kappa shape index (κ1) is 15.6. The monoisotopic (exact) mass is 318 g/mol. The molecular weight excluding hydrogens is 300 g/mol. The molecule has 1 aliphatic rings. The van der Waals surface area contributed by atoms with E-state index in [1.807, 2.05) is 0 Å². The molecule has 0 spiro atoms. The van der Waals surface area contributed by atoms with Crippen molar-refractivity contribution in [2.75, 3.05) is 19.7 Å². The Bertz CT molecular complexity index is 670. The van der Waals surface area contributed by atoms with E-state index in [1.54, 1.807) is 12.1 Å². The number of nitro benzene ring substituents is 1. The second kappa shape index (κ2) is 6.84. The lowest BCUT2D eigenvalue weighted by molar-refractivity contribution is -0.384. The van der Waals surface area contributed by atoms with Crippen molar-refractivity contribution in [3.8, 4) is 11.4 Å². The van der Waals surface area contributed by atoms with Gasteiger partial charge in [0.1, 0.15) is 0 Å². The minimum Gasteiger partial charge on any atom is -0.396 e. The molecule has 0 amide bonds. The van der Waals surface area contributed by atoms with E-state index in [2.05, 4.69) is 15.0 Å². The Morgan fingerprint density at radius 2 is 2.17 bits per heavy atom. The fraction of sp³-hybridized carbons (Fsp3) is 0.467. The highest BCUT2D eigenvalue weighted by Gasteiger charge is 2.21. The quantitative estimate of drug-likeness (QED) is 0.662. The summed E-state index contributed by atoms with van der Waals surface area (Å²) in [7, 11) is 0. The molecule has 2 aromatic rings. The number of nitrogens with zero attached hydrogens (tertiary/aromatic N) is 4. The summed E-state index contributed by atoms with van der Waals surface area (Å²) in [5.41, 5.74) is 0.707. The van der Waals surface area contributed by atoms with Gasteiger partial charge in [-0.1, -0.05) is 5.16 Å². The van der Waals surface area contributed by atoms with Crippen LogP contribution in [-0.2, 0) is 6.54 Å². The smallest absolute Gasteiger partial charge is 0.269 e. The zero-order valence-corrected chi connectivity index (χ0v) is 12.6. The van der Waals surface area contributed by atoms with Gasteiger partial charge >= 0.3 is 0 Å². The molecule has 2 heterocycles. The van der Waals surface area contributed by atoms with Gasteiger partial charge in [-0.3, -0.25) is 15.0 Å². The van der Waals surface area contributed by atoms with Crippen molar-refractivity contribution in [2.24, 2.45) is 5.92 Å². The van der Waals surface area contributed by atoms with E-state index in [0.29, 0.717) is 29.7 Å². The zero-order chi connectivity index (χ0) is 16.2. The topological polar surface area (TPSA) is 106 Å². The van der Waals surface area contributed by atoms with Gasteiger partial charge in [0, 0.05) is 30.8 Å². The summed E-state index contributed by atoms with van der Waals surface area (Å²) in [5, 5.41) is 23.9. The molecule has 23 heavy (non-hydrogen) atoms. The second-order valence-electron chi connectivity index (χ2n) is 5.74. The first-order chi connectivity index (χ1) is 11.2. The van der Waals surface area contributed by atoms with Crippen LogP contribution in [0.1, 0.15) is 18.7 Å². The maximum absolute atomic E-state index is 10.7. The Morgan fingerprint density at radius 1 is 1.39 bits per heavy atom. The first-order valence-electron chi connectivity index (χ1n) is 7.56. The molecule has 1 saturated heterocycles. The third-order valence-corrected chi connectivity index (χ3v) is 4.02. The summed E-state index contributed by atoms with van der Waals surface area (Å²) >= 11 is 0. The predicted molar refractivity (Wildman–Crippen MR) is 81.5 cm³/mol. The lowest BCUT2D eigenvalue weighted by Gasteiger charge is -2.30. The molecule has 1 fully saturated rings. The molecule has 1 atom stereocenters. The van der Waals surface area contributed by atoms with Crippen LogP contribution in [0.3, 0.4) is 0 Å². The molecule has 3 rings (SSSR count). The minimum absolute atomic E-state index is 0.0285. The Morgan fingerprint density at radius 3 is 2.87 bits per heavy atom. The number of benzene rings is 1. The number of hydrogen-bond acceptors (Lipinski definition) is 7. The fourth-order valence-electron chi connectivity index (χ4n) is 2.80. The van der Waals surface area contributed by atoms with Crippen molar-refractivity contribution in [1.82, 2.24) is 15.0 Å². The predicted octanol–water partition coefficient (Wildman–Crippen LogP) is 1.85. The highest BCUT2D eigenvalue weighted by molar-refractivity contribution is 5.56. The van der Waals surface area contributed by atoms with Crippen molar-refractivity contribution in [3.05, 3.63) is 40.3 Å². The summed E-state index contributed by atoms with van der Waals surface area (Å²) in [5.74, 6) is 1.24. The Kier molecular flexibility index (Phi) is 4.63. The van der Waals surface area contributed by atoms with Gasteiger partial charge in [0.05, 0.1) is 11.5 Å². The lowest BCUT2D eigenvalue weighted by Crippen LogP contribution is -2.36. The van der Waals surface area contributed by atoms with Crippen LogP contribution in [0.15, 0.2) is 28.8 Å². The van der Waals surface area contributed by atoms with E-state index in [4.69, 9.17) is 4.52 Å². The Labute approximate surface area is 132 Å². The van der Waals surface area contributed by atoms with Gasteiger partial charge in [-0.25, -0.2) is 0 Å². The standard InChI is InChI=1S/C15H18N4O4/c20-10-11-2-1-7-18(8-11)9-14-16-15(17-23-14)12-3-5-13(6-4-12)19(21)22/h3-6,11,20H,1-2,7-10H2. The Hall–Kier alpha value is -2.32. The highest BCUT2D eigenvalue weighted by Crippen LogP contribution is 2.21. The molecule has 0 radical (unpaired) electrons. The van der Waals surface area contributed by atoms with Gasteiger partial charge in [0.2, 0.25) is 11.7 Å². The number of aliphatic hydroxyl groups is 1. The van der Waals surface area contributed by atoms with Crippen LogP contribution in [0.25, 0.3) is 11.4 Å². The van der Waals surface area contributed by atoms with Gasteiger partial charge in [0.15, 0.2) is 0 Å². The zero-order valence-electron chi connectivity index (χ0n) is 12.6. The second-order valence-corrected chi connectivity index (χ2v) is 5.74. The van der Waals surface area contributed by atoms with Crippen LogP contribution in [0.4, 0.5) is 5.69 Å². The largest absolute Gasteiger partial charge is 0.396 e. The summed E-state index contributed by atoms with van der Waals surface area (Å²) in [6.45, 7) is 2.53. The lowest BCUT2D eigenvalue weighted by atomic mass is 9.99. The third kappa shape index (κ3) is 3.72. The normalized spacial score (nSPS) is 18.9. The van der Waals surface area contributed by atoms with Gasteiger partial charge in [-0.2, -0.15) is 4.98 Å². The summed E-state index contributed by atoms with van der Waals surface area (Å²) in [6.07, 6.45) is 2.10. The fourth-order valence-corrected chi connectivity index (χ4v) is 2.80. The molecule has 0 saturated carbocycles. The summed E-state index contributed by atoms with van der Waals surface area (Å²) < 4.78 is 5.27. The van der Waals surface area contributed by atoms with Crippen LogP contribution in [-0.4, -0.2) is 44.8 Å². The van der Waals surface area contributed by atoms with Gasteiger partial charge < -0.3 is 9.63 Å². The number of nitro groups is 1. The average molecular weight is 318 g/mol. The van der Waals surface area contributed by atoms with Crippen molar-refractivity contribution in [2.45, 2.75) is 19.4 Å². The van der Waals surface area contributed by atoms with Crippen LogP contribution in [0.2, 0.25) is 0 Å². The van der Waals surface area contributed by atoms with Gasteiger partial charge in [0.25, 0.3) is 5.69 Å². The molecule has 8 nitrogen and oxygen atoms in total. The van der Waals surface area contributed by atoms with Crippen LogP contribution >= 0.6 is 0 Å². The molecule has 1 aliphatic heterocycles. The van der Waals surface area contributed by atoms with Crippen LogP contribution < -0.4 is 0 Å². The molecule has 122 valence electrons. The van der Waals surface area contributed by atoms with Crippen LogP contribution in [0, 0.1) is 16.0 Å². The van der Waals surface area contributed by atoms with E-state index in [0.717, 1.165) is 25.9 Å². The average Bonchev–Trinajstić information content (AvgIpc) is 3.03. The van der Waals surface area contributed by atoms with Crippen molar-refractivity contribution >= 4 is 5.69 Å². The van der Waals surface area contributed by atoms with E-state index in [1.165, 1.54) is 12.1 Å². The van der Waals surface area contributed by atoms with Crippen molar-refractivity contribution < 1.29 is 14.6 Å². The van der Waals surface area contributed by atoms with Crippen molar-refractivity contribution in [1.29, 1.82) is 0 Å². The van der Waals surface area contributed by atoms with E-state index in [-0.39, 0.29) is 12.3 Å². The van der Waals surface area contributed by atoms with Crippen LogP contribution in [0.5, 0.6) is 0 Å². The van der Waals surface area contributed by atoms with E-state index in [9.17, 15) is 15.2 Å². The molecule has 0 bridgehead atoms. The van der Waals surface area contributed by atoms with Gasteiger partial charge in [-0.15, -0.1) is 0 Å². The molecular formula is C15H18N4O4. The molecule has 0 aliphatic carbocycles. The number of hydrogen-bond donors (Lipinski definition) is 1. The van der Waals surface area contributed by atoms with E-state index >= 15 is 0 Å².